The molecule has 0 unspecified atom stereocenters. The molecule has 0 aliphatic carbocycles. The fourth-order valence-electron chi connectivity index (χ4n) is 0.339. The first-order valence-corrected chi connectivity index (χ1v) is 2.40. The van der Waals surface area contributed by atoms with Crippen molar-refractivity contribution in [3.8, 4) is 0 Å². The molecule has 0 N–H and O–H groups in total. The standard InChI is InChI=1S/C5H5F5/c1-5(9,10)2-3(6)4(7)8/h2H2,1H3. The molecule has 0 amide bonds. The van der Waals surface area contributed by atoms with Gasteiger partial charge >= 0.3 is 6.08 Å². The van der Waals surface area contributed by atoms with Gasteiger partial charge in [-0.05, 0) is 6.92 Å². The minimum absolute atomic E-state index is 0.371. The Morgan fingerprint density at radius 2 is 1.60 bits per heavy atom. The second kappa shape index (κ2) is 2.98. The van der Waals surface area contributed by atoms with Crippen molar-refractivity contribution in [1.29, 1.82) is 0 Å². The zero-order chi connectivity index (χ0) is 8.36. The fourth-order valence-corrected chi connectivity index (χ4v) is 0.339. The summed E-state index contributed by atoms with van der Waals surface area (Å²) in [5.41, 5.74) is 0. The Labute approximate surface area is 54.3 Å². The van der Waals surface area contributed by atoms with Crippen LogP contribution in [0, 0.1) is 0 Å². The van der Waals surface area contributed by atoms with Crippen LogP contribution in [0.25, 0.3) is 0 Å². The monoisotopic (exact) mass is 160 g/mol. The molecule has 0 saturated carbocycles. The zero-order valence-corrected chi connectivity index (χ0v) is 5.10. The Hall–Kier alpha value is -0.610. The number of rotatable bonds is 2. The molecule has 0 aromatic rings. The third-order valence-corrected chi connectivity index (χ3v) is 0.671. The van der Waals surface area contributed by atoms with E-state index < -0.39 is 24.3 Å². The number of alkyl halides is 2. The zero-order valence-electron chi connectivity index (χ0n) is 5.10. The minimum Gasteiger partial charge on any atom is -0.207 e. The highest BCUT2D eigenvalue weighted by Gasteiger charge is 2.25. The SMILES string of the molecule is CC(F)(F)CC(F)=C(F)F. The largest absolute Gasteiger partial charge is 0.301 e. The van der Waals surface area contributed by atoms with Gasteiger partial charge in [0, 0.05) is 0 Å². The van der Waals surface area contributed by atoms with Crippen LogP contribution in [0.1, 0.15) is 13.3 Å². The molecule has 0 aromatic heterocycles. The Balaban J connectivity index is 4.06. The van der Waals surface area contributed by atoms with E-state index in [9.17, 15) is 22.0 Å². The van der Waals surface area contributed by atoms with Crippen molar-refractivity contribution in [3.05, 3.63) is 11.9 Å². The summed E-state index contributed by atoms with van der Waals surface area (Å²) in [6.07, 6.45) is -4.21. The van der Waals surface area contributed by atoms with E-state index in [2.05, 4.69) is 0 Å². The molecule has 0 bridgehead atoms. The van der Waals surface area contributed by atoms with Crippen LogP contribution in [0.4, 0.5) is 22.0 Å². The van der Waals surface area contributed by atoms with E-state index >= 15 is 0 Å². The second-order valence-corrected chi connectivity index (χ2v) is 1.91. The van der Waals surface area contributed by atoms with Crippen LogP contribution in [0.5, 0.6) is 0 Å². The Morgan fingerprint density at radius 3 is 1.70 bits per heavy atom. The molecule has 0 atom stereocenters. The molecule has 0 heterocycles. The molecule has 0 rings (SSSR count). The summed E-state index contributed by atoms with van der Waals surface area (Å²) < 4.78 is 57.4. The van der Waals surface area contributed by atoms with E-state index in [1.807, 2.05) is 0 Å². The van der Waals surface area contributed by atoms with Gasteiger partial charge in [0.2, 0.25) is 0 Å². The number of allylic oxidation sites excluding steroid dienone is 1. The maximum absolute atomic E-state index is 11.7. The summed E-state index contributed by atoms with van der Waals surface area (Å²) in [6, 6.07) is 0. The van der Waals surface area contributed by atoms with Crippen molar-refractivity contribution in [2.45, 2.75) is 19.3 Å². The average Bonchev–Trinajstić information content (AvgIpc) is 1.60. The van der Waals surface area contributed by atoms with Crippen molar-refractivity contribution in [2.75, 3.05) is 0 Å². The first-order valence-electron chi connectivity index (χ1n) is 2.40. The second-order valence-electron chi connectivity index (χ2n) is 1.91. The van der Waals surface area contributed by atoms with E-state index in [0.717, 1.165) is 0 Å². The van der Waals surface area contributed by atoms with Crippen molar-refractivity contribution in [2.24, 2.45) is 0 Å². The van der Waals surface area contributed by atoms with Crippen molar-refractivity contribution < 1.29 is 22.0 Å². The summed E-state index contributed by atoms with van der Waals surface area (Å²) in [5, 5.41) is 0. The van der Waals surface area contributed by atoms with Crippen LogP contribution in [-0.2, 0) is 0 Å². The van der Waals surface area contributed by atoms with Crippen LogP contribution in [0.3, 0.4) is 0 Å². The highest BCUT2D eigenvalue weighted by Crippen LogP contribution is 2.25. The Kier molecular flexibility index (Phi) is 2.80. The summed E-state index contributed by atoms with van der Waals surface area (Å²) in [7, 11) is 0. The van der Waals surface area contributed by atoms with Gasteiger partial charge in [-0.1, -0.05) is 0 Å². The van der Waals surface area contributed by atoms with Gasteiger partial charge < -0.3 is 0 Å². The lowest BCUT2D eigenvalue weighted by Crippen LogP contribution is -2.09. The number of halogens is 5. The van der Waals surface area contributed by atoms with Gasteiger partial charge in [0.25, 0.3) is 5.92 Å². The lowest BCUT2D eigenvalue weighted by Gasteiger charge is -2.05. The van der Waals surface area contributed by atoms with E-state index in [0.29, 0.717) is 6.92 Å². The van der Waals surface area contributed by atoms with Gasteiger partial charge in [0.1, 0.15) is 0 Å². The quantitative estimate of drug-likeness (QED) is 0.544. The van der Waals surface area contributed by atoms with E-state index in [1.54, 1.807) is 0 Å². The van der Waals surface area contributed by atoms with Crippen LogP contribution >= 0.6 is 0 Å². The molecule has 10 heavy (non-hydrogen) atoms. The van der Waals surface area contributed by atoms with Crippen LogP contribution in [0.15, 0.2) is 11.9 Å². The van der Waals surface area contributed by atoms with Gasteiger partial charge in [-0.3, -0.25) is 0 Å². The number of hydrogen-bond acceptors (Lipinski definition) is 0. The summed E-state index contributed by atoms with van der Waals surface area (Å²) in [4.78, 5) is 0. The molecular weight excluding hydrogens is 155 g/mol. The summed E-state index contributed by atoms with van der Waals surface area (Å²) >= 11 is 0. The van der Waals surface area contributed by atoms with Gasteiger partial charge in [0.05, 0.1) is 6.42 Å². The molecule has 0 aromatic carbocycles. The third kappa shape index (κ3) is 4.29. The molecule has 60 valence electrons. The smallest absolute Gasteiger partial charge is 0.207 e. The lowest BCUT2D eigenvalue weighted by atomic mass is 10.2. The van der Waals surface area contributed by atoms with Crippen molar-refractivity contribution in [3.63, 3.8) is 0 Å². The predicted octanol–water partition coefficient (Wildman–Crippen LogP) is 3.11. The number of hydrogen-bond donors (Lipinski definition) is 0. The topological polar surface area (TPSA) is 0 Å². The molecule has 0 radical (unpaired) electrons. The molecule has 0 aliphatic heterocycles. The average molecular weight is 160 g/mol. The van der Waals surface area contributed by atoms with Crippen molar-refractivity contribution in [1.82, 2.24) is 0 Å². The molecule has 0 nitrogen and oxygen atoms in total. The molecule has 0 fully saturated rings. The molecular formula is C5H5F5. The van der Waals surface area contributed by atoms with E-state index in [4.69, 9.17) is 0 Å². The molecule has 0 saturated heterocycles. The van der Waals surface area contributed by atoms with Crippen LogP contribution in [0.2, 0.25) is 0 Å². The lowest BCUT2D eigenvalue weighted by molar-refractivity contribution is 0.0155. The Bertz CT molecular complexity index is 139. The maximum Gasteiger partial charge on any atom is 0.301 e. The van der Waals surface area contributed by atoms with Crippen molar-refractivity contribution >= 4 is 0 Å². The van der Waals surface area contributed by atoms with Gasteiger partial charge in [-0.25, -0.2) is 13.2 Å². The van der Waals surface area contributed by atoms with E-state index in [1.165, 1.54) is 0 Å². The molecule has 0 spiro atoms. The molecule has 0 aliphatic rings. The normalized spacial score (nSPS) is 11.4. The van der Waals surface area contributed by atoms with Crippen LogP contribution < -0.4 is 0 Å². The van der Waals surface area contributed by atoms with Gasteiger partial charge in [0.15, 0.2) is 5.83 Å². The summed E-state index contributed by atoms with van der Waals surface area (Å²) in [6.45, 7) is 0.371. The van der Waals surface area contributed by atoms with Crippen LogP contribution in [-0.4, -0.2) is 5.92 Å². The third-order valence-electron chi connectivity index (χ3n) is 0.671. The van der Waals surface area contributed by atoms with Gasteiger partial charge in [-0.2, -0.15) is 8.78 Å². The first kappa shape index (κ1) is 9.39. The summed E-state index contributed by atoms with van der Waals surface area (Å²) in [5.74, 6) is -5.46. The van der Waals surface area contributed by atoms with Gasteiger partial charge in [-0.15, -0.1) is 0 Å². The first-order chi connectivity index (χ1) is 4.33. The molecule has 5 heteroatoms. The Morgan fingerprint density at radius 1 is 1.20 bits per heavy atom. The maximum atomic E-state index is 11.7. The minimum atomic E-state index is -3.41. The fraction of sp³-hybridized carbons (Fsp3) is 0.600. The highest BCUT2D eigenvalue weighted by molar-refractivity contribution is 4.94. The van der Waals surface area contributed by atoms with E-state index in [-0.39, 0.29) is 0 Å². The predicted molar refractivity (Wildman–Crippen MR) is 25.6 cm³/mol. The highest BCUT2D eigenvalue weighted by atomic mass is 19.3.